The summed E-state index contributed by atoms with van der Waals surface area (Å²) in [5, 5.41) is 11.4. The van der Waals surface area contributed by atoms with E-state index >= 15 is 0 Å². The van der Waals surface area contributed by atoms with Gasteiger partial charge in [-0.1, -0.05) is 30.3 Å². The quantitative estimate of drug-likeness (QED) is 0.818. The smallest absolute Gasteiger partial charge is 0.0769 e. The van der Waals surface area contributed by atoms with Crippen LogP contribution >= 0.6 is 0 Å². The maximum atomic E-state index is 11.4. The maximum Gasteiger partial charge on any atom is 0.0769 e. The number of carbonyl (C=O) groups is 1. The standard InChI is InChI=1S/C15H17NO2/c1-11-8-9-12(2)16(11)14(15(17)18)10-13-6-4-3-5-7-13/h3-9,14H,10H2,1-2H3,(H,17,18)/p-1/t14-/m1/s1. The summed E-state index contributed by atoms with van der Waals surface area (Å²) in [7, 11) is 0. The molecule has 94 valence electrons. The van der Waals surface area contributed by atoms with Gasteiger partial charge in [0.25, 0.3) is 0 Å². The van der Waals surface area contributed by atoms with E-state index in [1.807, 2.05) is 60.9 Å². The number of hydrogen-bond donors (Lipinski definition) is 0. The molecule has 2 aromatic rings. The minimum atomic E-state index is -1.04. The first-order valence-electron chi connectivity index (χ1n) is 5.99. The summed E-state index contributed by atoms with van der Waals surface area (Å²) < 4.78 is 1.82. The molecule has 3 heteroatoms. The predicted octanol–water partition coefficient (Wildman–Crippen LogP) is 1.64. The lowest BCUT2D eigenvalue weighted by Crippen LogP contribution is -2.35. The van der Waals surface area contributed by atoms with Crippen molar-refractivity contribution < 1.29 is 9.90 Å². The maximum absolute atomic E-state index is 11.4. The van der Waals surface area contributed by atoms with Crippen LogP contribution in [0.2, 0.25) is 0 Å². The Balaban J connectivity index is 2.33. The van der Waals surface area contributed by atoms with Crippen molar-refractivity contribution in [3.05, 3.63) is 59.4 Å². The van der Waals surface area contributed by atoms with E-state index in [0.29, 0.717) is 6.42 Å². The van der Waals surface area contributed by atoms with Gasteiger partial charge in [0.05, 0.1) is 12.0 Å². The lowest BCUT2D eigenvalue weighted by molar-refractivity contribution is -0.310. The number of aliphatic carboxylic acids is 1. The van der Waals surface area contributed by atoms with Gasteiger partial charge in [0, 0.05) is 11.4 Å². The highest BCUT2D eigenvalue weighted by Gasteiger charge is 2.16. The summed E-state index contributed by atoms with van der Waals surface area (Å²) in [6, 6.07) is 12.8. The van der Waals surface area contributed by atoms with Crippen molar-refractivity contribution in [1.82, 2.24) is 4.57 Å². The van der Waals surface area contributed by atoms with Crippen LogP contribution in [-0.4, -0.2) is 10.5 Å². The van der Waals surface area contributed by atoms with Gasteiger partial charge in [-0.3, -0.25) is 0 Å². The summed E-state index contributed by atoms with van der Waals surface area (Å²) in [4.78, 5) is 11.4. The Morgan fingerprint density at radius 2 is 1.67 bits per heavy atom. The molecular formula is C15H16NO2-. The fraction of sp³-hybridized carbons (Fsp3) is 0.267. The molecule has 1 aromatic carbocycles. The van der Waals surface area contributed by atoms with Gasteiger partial charge in [0.15, 0.2) is 0 Å². The monoisotopic (exact) mass is 242 g/mol. The summed E-state index contributed by atoms with van der Waals surface area (Å²) in [5.74, 6) is -1.04. The van der Waals surface area contributed by atoms with Crippen LogP contribution in [0.4, 0.5) is 0 Å². The number of carbonyl (C=O) groups excluding carboxylic acids is 1. The van der Waals surface area contributed by atoms with Gasteiger partial charge in [0.1, 0.15) is 0 Å². The molecule has 1 aromatic heterocycles. The molecule has 0 radical (unpaired) electrons. The molecule has 1 atom stereocenters. The minimum Gasteiger partial charge on any atom is -0.548 e. The zero-order valence-electron chi connectivity index (χ0n) is 10.6. The topological polar surface area (TPSA) is 45.1 Å². The van der Waals surface area contributed by atoms with Gasteiger partial charge < -0.3 is 14.5 Å². The number of nitrogens with zero attached hydrogens (tertiary/aromatic N) is 1. The molecule has 18 heavy (non-hydrogen) atoms. The Labute approximate surface area is 107 Å². The fourth-order valence-electron chi connectivity index (χ4n) is 2.29. The molecule has 2 rings (SSSR count). The summed E-state index contributed by atoms with van der Waals surface area (Å²) >= 11 is 0. The van der Waals surface area contributed by atoms with Gasteiger partial charge >= 0.3 is 0 Å². The van der Waals surface area contributed by atoms with E-state index in [-0.39, 0.29) is 0 Å². The highest BCUT2D eigenvalue weighted by Crippen LogP contribution is 2.19. The largest absolute Gasteiger partial charge is 0.548 e. The molecule has 0 bridgehead atoms. The second kappa shape index (κ2) is 5.08. The molecule has 0 unspecified atom stereocenters. The first-order chi connectivity index (χ1) is 8.59. The van der Waals surface area contributed by atoms with Crippen LogP contribution < -0.4 is 5.11 Å². The van der Waals surface area contributed by atoms with Crippen molar-refractivity contribution in [2.24, 2.45) is 0 Å². The molecule has 0 saturated carbocycles. The van der Waals surface area contributed by atoms with E-state index < -0.39 is 12.0 Å². The number of benzene rings is 1. The molecule has 0 aliphatic carbocycles. The summed E-state index contributed by atoms with van der Waals surface area (Å²) in [6.45, 7) is 3.82. The zero-order valence-corrected chi connectivity index (χ0v) is 10.6. The molecule has 0 N–H and O–H groups in total. The van der Waals surface area contributed by atoms with E-state index in [1.165, 1.54) is 0 Å². The summed E-state index contributed by atoms with van der Waals surface area (Å²) in [5.41, 5.74) is 2.88. The minimum absolute atomic E-state index is 0.444. The molecule has 0 saturated heterocycles. The summed E-state index contributed by atoms with van der Waals surface area (Å²) in [6.07, 6.45) is 0.444. The van der Waals surface area contributed by atoms with Crippen LogP contribution in [0, 0.1) is 13.8 Å². The van der Waals surface area contributed by atoms with Gasteiger partial charge in [-0.2, -0.15) is 0 Å². The van der Waals surface area contributed by atoms with Crippen molar-refractivity contribution in [2.45, 2.75) is 26.3 Å². The molecule has 1 heterocycles. The fourth-order valence-corrected chi connectivity index (χ4v) is 2.29. The molecule has 0 fully saturated rings. The average molecular weight is 242 g/mol. The third-order valence-corrected chi connectivity index (χ3v) is 3.18. The molecular weight excluding hydrogens is 226 g/mol. The molecule has 0 aliphatic heterocycles. The Morgan fingerprint density at radius 3 is 2.17 bits per heavy atom. The predicted molar refractivity (Wildman–Crippen MR) is 68.1 cm³/mol. The highest BCUT2D eigenvalue weighted by molar-refractivity contribution is 5.70. The van der Waals surface area contributed by atoms with E-state index in [0.717, 1.165) is 17.0 Å². The third kappa shape index (κ3) is 2.45. The second-order valence-corrected chi connectivity index (χ2v) is 4.51. The molecule has 0 amide bonds. The normalized spacial score (nSPS) is 12.3. The van der Waals surface area contributed by atoms with E-state index in [2.05, 4.69) is 0 Å². The Hall–Kier alpha value is -2.03. The van der Waals surface area contributed by atoms with Crippen LogP contribution in [-0.2, 0) is 11.2 Å². The molecule has 0 aliphatic rings. The first-order valence-corrected chi connectivity index (χ1v) is 5.99. The number of aromatic nitrogens is 1. The number of rotatable bonds is 4. The zero-order chi connectivity index (χ0) is 13.1. The first kappa shape index (κ1) is 12.4. The van der Waals surface area contributed by atoms with Crippen molar-refractivity contribution >= 4 is 5.97 Å². The number of hydrogen-bond acceptors (Lipinski definition) is 2. The van der Waals surface area contributed by atoms with Crippen molar-refractivity contribution in [3.63, 3.8) is 0 Å². The lowest BCUT2D eigenvalue weighted by atomic mass is 10.1. The van der Waals surface area contributed by atoms with Crippen LogP contribution in [0.5, 0.6) is 0 Å². The van der Waals surface area contributed by atoms with E-state index in [1.54, 1.807) is 0 Å². The number of carboxylic acid groups (broad SMARTS) is 1. The van der Waals surface area contributed by atoms with Crippen LogP contribution in [0.1, 0.15) is 23.0 Å². The van der Waals surface area contributed by atoms with Crippen LogP contribution in [0.3, 0.4) is 0 Å². The lowest BCUT2D eigenvalue weighted by Gasteiger charge is -2.23. The van der Waals surface area contributed by atoms with Crippen molar-refractivity contribution in [3.8, 4) is 0 Å². The van der Waals surface area contributed by atoms with Gasteiger partial charge in [-0.15, -0.1) is 0 Å². The SMILES string of the molecule is Cc1ccc(C)n1[C@H](Cc1ccccc1)C(=O)[O-]. The van der Waals surface area contributed by atoms with Gasteiger partial charge in [-0.25, -0.2) is 0 Å². The van der Waals surface area contributed by atoms with Gasteiger partial charge in [-0.05, 0) is 38.0 Å². The third-order valence-electron chi connectivity index (χ3n) is 3.18. The van der Waals surface area contributed by atoms with Crippen molar-refractivity contribution in [2.75, 3.05) is 0 Å². The number of aryl methyl sites for hydroxylation is 2. The number of carboxylic acids is 1. The van der Waals surface area contributed by atoms with Crippen LogP contribution in [0.25, 0.3) is 0 Å². The highest BCUT2D eigenvalue weighted by atomic mass is 16.4. The Morgan fingerprint density at radius 1 is 1.11 bits per heavy atom. The van der Waals surface area contributed by atoms with Gasteiger partial charge in [0.2, 0.25) is 0 Å². The Kier molecular flexibility index (Phi) is 3.51. The molecule has 3 nitrogen and oxygen atoms in total. The average Bonchev–Trinajstić information content (AvgIpc) is 2.67. The Bertz CT molecular complexity index is 523. The molecule has 0 spiro atoms. The van der Waals surface area contributed by atoms with Crippen molar-refractivity contribution in [1.29, 1.82) is 0 Å². The van der Waals surface area contributed by atoms with Crippen LogP contribution in [0.15, 0.2) is 42.5 Å². The van der Waals surface area contributed by atoms with E-state index in [4.69, 9.17) is 0 Å². The van der Waals surface area contributed by atoms with E-state index in [9.17, 15) is 9.90 Å². The second-order valence-electron chi connectivity index (χ2n) is 4.51.